The average molecular weight is 359 g/mol. The number of carbonyl (C=O) groups is 1. The molecule has 0 aliphatic heterocycles. The van der Waals surface area contributed by atoms with E-state index in [0.29, 0.717) is 11.7 Å². The summed E-state index contributed by atoms with van der Waals surface area (Å²) in [6.45, 7) is 4.03. The van der Waals surface area contributed by atoms with Gasteiger partial charge >= 0.3 is 6.03 Å². The average Bonchev–Trinajstić information content (AvgIpc) is 3.25. The molecule has 0 saturated heterocycles. The van der Waals surface area contributed by atoms with Crippen LogP contribution in [0.15, 0.2) is 28.8 Å². The Balaban J connectivity index is 1.63. The number of aromatic amines is 1. The molecule has 0 fully saturated rings. The van der Waals surface area contributed by atoms with Gasteiger partial charge in [-0.1, -0.05) is 31.1 Å². The minimum atomic E-state index is -0.458. The molecule has 3 aromatic rings. The molecule has 1 aromatic carbocycles. The first-order valence-electron chi connectivity index (χ1n) is 7.96. The van der Waals surface area contributed by atoms with Gasteiger partial charge in [-0.3, -0.25) is 10.4 Å². The molecule has 3 rings (SSSR count). The summed E-state index contributed by atoms with van der Waals surface area (Å²) >= 11 is 0. The van der Waals surface area contributed by atoms with Crippen molar-refractivity contribution in [1.29, 1.82) is 0 Å². The first-order valence-corrected chi connectivity index (χ1v) is 7.96. The number of rotatable bonds is 5. The van der Waals surface area contributed by atoms with Gasteiger partial charge in [0, 0.05) is 13.0 Å². The van der Waals surface area contributed by atoms with Gasteiger partial charge in [-0.2, -0.15) is 9.97 Å². The summed E-state index contributed by atoms with van der Waals surface area (Å²) < 4.78 is 18.9. The van der Waals surface area contributed by atoms with Crippen LogP contribution in [0.25, 0.3) is 11.4 Å². The molecule has 0 bridgehead atoms. The number of amides is 2. The van der Waals surface area contributed by atoms with Crippen LogP contribution in [0.4, 0.5) is 15.1 Å². The van der Waals surface area contributed by atoms with Crippen LogP contribution < -0.4 is 5.32 Å². The largest absolute Gasteiger partial charge is 0.339 e. The summed E-state index contributed by atoms with van der Waals surface area (Å²) in [4.78, 5) is 21.9. The summed E-state index contributed by atoms with van der Waals surface area (Å²) in [6, 6.07) is 5.69. The smallest absolute Gasteiger partial charge is 0.324 e. The fourth-order valence-corrected chi connectivity index (χ4v) is 2.13. The Morgan fingerprint density at radius 1 is 1.35 bits per heavy atom. The number of H-pyrrole nitrogens is 1. The molecule has 2 aromatic heterocycles. The molecule has 2 heterocycles. The van der Waals surface area contributed by atoms with E-state index in [1.54, 1.807) is 25.2 Å². The quantitative estimate of drug-likeness (QED) is 0.724. The second-order valence-corrected chi connectivity index (χ2v) is 5.98. The lowest BCUT2D eigenvalue weighted by atomic mass is 10.2. The summed E-state index contributed by atoms with van der Waals surface area (Å²) in [5.41, 5.74) is 0.266. The Hall–Kier alpha value is -3.30. The molecule has 0 atom stereocenters. The highest BCUT2D eigenvalue weighted by molar-refractivity contribution is 5.87. The van der Waals surface area contributed by atoms with Crippen LogP contribution in [-0.4, -0.2) is 43.3 Å². The number of nitrogens with one attached hydrogen (secondary N) is 2. The van der Waals surface area contributed by atoms with Gasteiger partial charge in [-0.05, 0) is 12.1 Å². The lowest BCUT2D eigenvalue weighted by Gasteiger charge is -2.14. The van der Waals surface area contributed by atoms with Gasteiger partial charge < -0.3 is 9.42 Å². The van der Waals surface area contributed by atoms with Gasteiger partial charge in [0.1, 0.15) is 5.82 Å². The third-order valence-electron chi connectivity index (χ3n) is 3.54. The van der Waals surface area contributed by atoms with E-state index in [0.717, 1.165) is 0 Å². The second-order valence-electron chi connectivity index (χ2n) is 5.98. The van der Waals surface area contributed by atoms with Gasteiger partial charge in [0.2, 0.25) is 11.8 Å². The van der Waals surface area contributed by atoms with Crippen molar-refractivity contribution in [2.75, 3.05) is 12.4 Å². The zero-order valence-electron chi connectivity index (χ0n) is 14.5. The minimum absolute atomic E-state index is 0.0380. The molecule has 136 valence electrons. The molecule has 9 nitrogen and oxygen atoms in total. The van der Waals surface area contributed by atoms with Crippen molar-refractivity contribution in [2.45, 2.75) is 26.3 Å². The molecule has 0 aliphatic carbocycles. The lowest BCUT2D eigenvalue weighted by Crippen LogP contribution is -2.31. The van der Waals surface area contributed by atoms with Crippen molar-refractivity contribution in [3.8, 4) is 11.4 Å². The first-order chi connectivity index (χ1) is 12.4. The molecular weight excluding hydrogens is 341 g/mol. The lowest BCUT2D eigenvalue weighted by molar-refractivity contribution is 0.218. The Morgan fingerprint density at radius 3 is 2.81 bits per heavy atom. The van der Waals surface area contributed by atoms with E-state index >= 15 is 0 Å². The minimum Gasteiger partial charge on any atom is -0.339 e. The van der Waals surface area contributed by atoms with Crippen molar-refractivity contribution in [3.05, 3.63) is 41.8 Å². The van der Waals surface area contributed by atoms with E-state index in [2.05, 4.69) is 30.6 Å². The Morgan fingerprint density at radius 2 is 2.12 bits per heavy atom. The van der Waals surface area contributed by atoms with E-state index in [9.17, 15) is 9.18 Å². The molecule has 0 unspecified atom stereocenters. The zero-order valence-corrected chi connectivity index (χ0v) is 14.5. The van der Waals surface area contributed by atoms with E-state index in [1.165, 1.54) is 11.0 Å². The van der Waals surface area contributed by atoms with Crippen LogP contribution in [0, 0.1) is 5.82 Å². The SMILES string of the molecule is CC(C)c1nc(CN(C)C(=O)Nc2n[nH]c(-c3ccccc3F)n2)no1. The number of hydrogen-bond donors (Lipinski definition) is 2. The topological polar surface area (TPSA) is 113 Å². The maximum atomic E-state index is 13.8. The number of hydrogen-bond acceptors (Lipinski definition) is 6. The molecule has 26 heavy (non-hydrogen) atoms. The molecular formula is C16H18FN7O2. The summed E-state index contributed by atoms with van der Waals surface area (Å²) in [7, 11) is 1.57. The summed E-state index contributed by atoms with van der Waals surface area (Å²) in [6.07, 6.45) is 0. The maximum absolute atomic E-state index is 13.8. The Kier molecular flexibility index (Phi) is 4.92. The number of urea groups is 1. The molecule has 2 N–H and O–H groups in total. The number of carbonyl (C=O) groups excluding carboxylic acids is 1. The Bertz CT molecular complexity index is 905. The number of nitrogens with zero attached hydrogens (tertiary/aromatic N) is 5. The molecule has 0 aliphatic rings. The van der Waals surface area contributed by atoms with E-state index in [-0.39, 0.29) is 29.8 Å². The third-order valence-corrected chi connectivity index (χ3v) is 3.54. The zero-order chi connectivity index (χ0) is 18.7. The fraction of sp³-hybridized carbons (Fsp3) is 0.312. The van der Waals surface area contributed by atoms with Crippen LogP contribution in [-0.2, 0) is 6.54 Å². The van der Waals surface area contributed by atoms with Gasteiger partial charge in [0.25, 0.3) is 0 Å². The molecule has 0 saturated carbocycles. The normalized spacial score (nSPS) is 11.0. The monoisotopic (exact) mass is 359 g/mol. The van der Waals surface area contributed by atoms with Crippen LogP contribution >= 0.6 is 0 Å². The third kappa shape index (κ3) is 3.85. The summed E-state index contributed by atoms with van der Waals surface area (Å²) in [5, 5.41) is 12.8. The number of halogens is 1. The standard InChI is InChI=1S/C16H18FN7O2/c1-9(2)14-18-12(23-26-14)8-24(3)16(25)20-15-19-13(21-22-15)10-6-4-5-7-11(10)17/h4-7,9H,8H2,1-3H3,(H2,19,20,21,22,25). The van der Waals surface area contributed by atoms with Crippen molar-refractivity contribution >= 4 is 12.0 Å². The summed E-state index contributed by atoms with van der Waals surface area (Å²) in [5.74, 6) is 0.847. The first kappa shape index (κ1) is 17.5. The van der Waals surface area contributed by atoms with Crippen LogP contribution in [0.3, 0.4) is 0 Å². The van der Waals surface area contributed by atoms with Crippen LogP contribution in [0.1, 0.15) is 31.5 Å². The van der Waals surface area contributed by atoms with E-state index in [4.69, 9.17) is 4.52 Å². The van der Waals surface area contributed by atoms with Crippen molar-refractivity contribution < 1.29 is 13.7 Å². The van der Waals surface area contributed by atoms with Crippen LogP contribution in [0.2, 0.25) is 0 Å². The van der Waals surface area contributed by atoms with Crippen molar-refractivity contribution in [3.63, 3.8) is 0 Å². The van der Waals surface area contributed by atoms with Crippen LogP contribution in [0.5, 0.6) is 0 Å². The number of aromatic nitrogens is 5. The van der Waals surface area contributed by atoms with Gasteiger partial charge in [0.15, 0.2) is 11.6 Å². The van der Waals surface area contributed by atoms with E-state index in [1.807, 2.05) is 13.8 Å². The van der Waals surface area contributed by atoms with Crippen molar-refractivity contribution in [2.24, 2.45) is 0 Å². The highest BCUT2D eigenvalue weighted by atomic mass is 19.1. The highest BCUT2D eigenvalue weighted by Gasteiger charge is 2.17. The number of benzene rings is 1. The Labute approximate surface area is 148 Å². The van der Waals surface area contributed by atoms with Crippen molar-refractivity contribution in [1.82, 2.24) is 30.2 Å². The fourth-order valence-electron chi connectivity index (χ4n) is 2.13. The molecule has 0 spiro atoms. The molecule has 2 amide bonds. The van der Waals surface area contributed by atoms with Gasteiger partial charge in [0.05, 0.1) is 12.1 Å². The highest BCUT2D eigenvalue weighted by Crippen LogP contribution is 2.19. The molecule has 10 heteroatoms. The molecule has 0 radical (unpaired) electrons. The number of anilines is 1. The van der Waals surface area contributed by atoms with Gasteiger partial charge in [-0.15, -0.1) is 5.10 Å². The second kappa shape index (κ2) is 7.30. The maximum Gasteiger partial charge on any atom is 0.324 e. The predicted molar refractivity (Wildman–Crippen MR) is 90.6 cm³/mol. The predicted octanol–water partition coefficient (Wildman–Crippen LogP) is 2.78. The van der Waals surface area contributed by atoms with Gasteiger partial charge in [-0.25, -0.2) is 9.18 Å². The van der Waals surface area contributed by atoms with E-state index < -0.39 is 11.8 Å².